The van der Waals surface area contributed by atoms with E-state index in [1.807, 2.05) is 23.1 Å². The lowest BCUT2D eigenvalue weighted by molar-refractivity contribution is -0.117. The molecule has 8 heteroatoms. The molecule has 0 bridgehead atoms. The van der Waals surface area contributed by atoms with E-state index in [9.17, 15) is 9.59 Å². The normalized spacial score (nSPS) is 18.4. The average Bonchev–Trinajstić information content (AvgIpc) is 3.42. The Bertz CT molecular complexity index is 997. The maximum atomic E-state index is 13.1. The number of carbonyl (C=O) groups excluding carboxylic acids is 2. The smallest absolute Gasteiger partial charge is 0.322 e. The van der Waals surface area contributed by atoms with Gasteiger partial charge in [-0.1, -0.05) is 11.6 Å². The molecule has 2 aromatic rings. The first-order valence-corrected chi connectivity index (χ1v) is 10.8. The fourth-order valence-corrected chi connectivity index (χ4v) is 4.61. The van der Waals surface area contributed by atoms with Crippen molar-refractivity contribution in [3.8, 4) is 11.5 Å². The Morgan fingerprint density at radius 3 is 2.61 bits per heavy atom. The number of hydrogen-bond donors (Lipinski definition) is 1. The molecule has 1 atom stereocenters. The number of halogens is 1. The number of carbonyl (C=O) groups is 2. The molecule has 0 unspecified atom stereocenters. The van der Waals surface area contributed by atoms with Crippen LogP contribution in [0.5, 0.6) is 11.5 Å². The third-order valence-corrected chi connectivity index (χ3v) is 6.18. The summed E-state index contributed by atoms with van der Waals surface area (Å²) in [6.07, 6.45) is 3.13. The van der Waals surface area contributed by atoms with Gasteiger partial charge in [-0.25, -0.2) is 4.79 Å². The van der Waals surface area contributed by atoms with Crippen molar-refractivity contribution in [2.75, 3.05) is 37.5 Å². The predicted octanol–water partition coefficient (Wildman–Crippen LogP) is 4.85. The molecule has 3 amide bonds. The summed E-state index contributed by atoms with van der Waals surface area (Å²) in [6, 6.07) is 10.6. The van der Waals surface area contributed by atoms with Gasteiger partial charge >= 0.3 is 6.03 Å². The molecular formula is C23H26ClN3O4. The second-order valence-corrected chi connectivity index (χ2v) is 8.11. The monoisotopic (exact) mass is 443 g/mol. The standard InChI is InChI=1S/C23H26ClN3O4/c1-30-16-8-9-17(21(14-16)31-2)19-5-3-12-27(19)23(29)25-15-7-10-20(18(24)13-15)26-11-4-6-22(26)28/h7-10,13-14,19H,3-6,11-12H2,1-2H3,(H,25,29)/t19-/m0/s1. The van der Waals surface area contributed by atoms with E-state index >= 15 is 0 Å². The number of methoxy groups -OCH3 is 2. The van der Waals surface area contributed by atoms with Gasteiger partial charge in [-0.15, -0.1) is 0 Å². The van der Waals surface area contributed by atoms with Crippen molar-refractivity contribution in [2.24, 2.45) is 0 Å². The zero-order valence-electron chi connectivity index (χ0n) is 17.7. The summed E-state index contributed by atoms with van der Waals surface area (Å²) in [4.78, 5) is 28.6. The van der Waals surface area contributed by atoms with Gasteiger partial charge in [-0.2, -0.15) is 0 Å². The lowest BCUT2D eigenvalue weighted by Crippen LogP contribution is -2.34. The highest BCUT2D eigenvalue weighted by molar-refractivity contribution is 6.34. The second-order valence-electron chi connectivity index (χ2n) is 7.70. The van der Waals surface area contributed by atoms with E-state index in [4.69, 9.17) is 21.1 Å². The number of rotatable bonds is 5. The molecule has 2 aromatic carbocycles. The number of amides is 3. The molecule has 1 N–H and O–H groups in total. The van der Waals surface area contributed by atoms with Gasteiger partial charge in [0.2, 0.25) is 5.91 Å². The van der Waals surface area contributed by atoms with Crippen molar-refractivity contribution in [3.63, 3.8) is 0 Å². The lowest BCUT2D eigenvalue weighted by atomic mass is 10.0. The molecule has 0 saturated carbocycles. The summed E-state index contributed by atoms with van der Waals surface area (Å²) in [5.41, 5.74) is 2.24. The molecule has 2 fully saturated rings. The maximum absolute atomic E-state index is 13.1. The molecule has 164 valence electrons. The molecule has 4 rings (SSSR count). The Morgan fingerprint density at radius 2 is 1.94 bits per heavy atom. The molecule has 7 nitrogen and oxygen atoms in total. The Labute approximate surface area is 186 Å². The van der Waals surface area contributed by atoms with E-state index in [1.54, 1.807) is 37.3 Å². The highest BCUT2D eigenvalue weighted by Crippen LogP contribution is 2.39. The van der Waals surface area contributed by atoms with Crippen LogP contribution in [-0.4, -0.2) is 44.1 Å². The van der Waals surface area contributed by atoms with Crippen LogP contribution in [0.4, 0.5) is 16.2 Å². The molecule has 2 aliphatic rings. The first kappa shape index (κ1) is 21.3. The number of likely N-dealkylation sites (tertiary alicyclic amines) is 1. The highest BCUT2D eigenvalue weighted by Gasteiger charge is 2.32. The van der Waals surface area contributed by atoms with Crippen LogP contribution < -0.4 is 19.7 Å². The SMILES string of the molecule is COc1ccc([C@@H]2CCCN2C(=O)Nc2ccc(N3CCCC3=O)c(Cl)c2)c(OC)c1. The van der Waals surface area contributed by atoms with Crippen molar-refractivity contribution in [1.29, 1.82) is 0 Å². The number of ether oxygens (including phenoxy) is 2. The Morgan fingerprint density at radius 1 is 1.10 bits per heavy atom. The zero-order chi connectivity index (χ0) is 22.0. The Balaban J connectivity index is 1.50. The fourth-order valence-electron chi connectivity index (χ4n) is 4.33. The summed E-state index contributed by atoms with van der Waals surface area (Å²) in [5, 5.41) is 3.39. The van der Waals surface area contributed by atoms with Crippen LogP contribution >= 0.6 is 11.6 Å². The summed E-state index contributed by atoms with van der Waals surface area (Å²) in [5.74, 6) is 1.49. The van der Waals surface area contributed by atoms with Gasteiger partial charge < -0.3 is 24.6 Å². The van der Waals surface area contributed by atoms with Crippen LogP contribution in [0.3, 0.4) is 0 Å². The van der Waals surface area contributed by atoms with Crippen LogP contribution in [0, 0.1) is 0 Å². The number of anilines is 2. The van der Waals surface area contributed by atoms with Gasteiger partial charge in [-0.3, -0.25) is 4.79 Å². The molecule has 0 spiro atoms. The fraction of sp³-hybridized carbons (Fsp3) is 0.391. The van der Waals surface area contributed by atoms with Crippen molar-refractivity contribution >= 4 is 34.9 Å². The third kappa shape index (κ3) is 4.28. The molecule has 31 heavy (non-hydrogen) atoms. The first-order chi connectivity index (χ1) is 15.0. The Hall–Kier alpha value is -2.93. The van der Waals surface area contributed by atoms with Gasteiger partial charge in [0.1, 0.15) is 11.5 Å². The molecular weight excluding hydrogens is 418 g/mol. The molecule has 0 radical (unpaired) electrons. The van der Waals surface area contributed by atoms with Gasteiger partial charge in [0.15, 0.2) is 0 Å². The van der Waals surface area contributed by atoms with Crippen LogP contribution in [0.25, 0.3) is 0 Å². The summed E-state index contributed by atoms with van der Waals surface area (Å²) in [7, 11) is 3.23. The molecule has 2 heterocycles. The Kier molecular flexibility index (Phi) is 6.23. The second kappa shape index (κ2) is 9.06. The van der Waals surface area contributed by atoms with E-state index in [0.717, 1.165) is 24.8 Å². The highest BCUT2D eigenvalue weighted by atomic mass is 35.5. The van der Waals surface area contributed by atoms with E-state index in [0.29, 0.717) is 47.4 Å². The quantitative estimate of drug-likeness (QED) is 0.716. The first-order valence-electron chi connectivity index (χ1n) is 10.4. The minimum atomic E-state index is -0.193. The molecule has 0 aromatic heterocycles. The largest absolute Gasteiger partial charge is 0.497 e. The van der Waals surface area contributed by atoms with Crippen molar-refractivity contribution in [3.05, 3.63) is 47.0 Å². The average molecular weight is 444 g/mol. The van der Waals surface area contributed by atoms with Gasteiger partial charge in [0, 0.05) is 36.8 Å². The lowest BCUT2D eigenvalue weighted by Gasteiger charge is -2.27. The van der Waals surface area contributed by atoms with Crippen molar-refractivity contribution in [2.45, 2.75) is 31.7 Å². The topological polar surface area (TPSA) is 71.1 Å². The maximum Gasteiger partial charge on any atom is 0.322 e. The molecule has 2 aliphatic heterocycles. The molecule has 2 saturated heterocycles. The van der Waals surface area contributed by atoms with Crippen LogP contribution in [0.1, 0.15) is 37.3 Å². The van der Waals surface area contributed by atoms with E-state index in [2.05, 4.69) is 5.32 Å². The summed E-state index contributed by atoms with van der Waals surface area (Å²) in [6.45, 7) is 1.32. The number of hydrogen-bond acceptors (Lipinski definition) is 4. The van der Waals surface area contributed by atoms with Crippen LogP contribution in [0.2, 0.25) is 5.02 Å². The van der Waals surface area contributed by atoms with E-state index in [-0.39, 0.29) is 18.0 Å². The third-order valence-electron chi connectivity index (χ3n) is 5.88. The van der Waals surface area contributed by atoms with E-state index in [1.165, 1.54) is 0 Å². The predicted molar refractivity (Wildman–Crippen MR) is 120 cm³/mol. The van der Waals surface area contributed by atoms with Gasteiger partial charge in [0.05, 0.1) is 31.0 Å². The summed E-state index contributed by atoms with van der Waals surface area (Å²) < 4.78 is 10.8. The minimum Gasteiger partial charge on any atom is -0.497 e. The number of nitrogens with one attached hydrogen (secondary N) is 1. The van der Waals surface area contributed by atoms with E-state index < -0.39 is 0 Å². The van der Waals surface area contributed by atoms with Crippen molar-refractivity contribution in [1.82, 2.24) is 4.90 Å². The minimum absolute atomic E-state index is 0.0760. The number of urea groups is 1. The van der Waals surface area contributed by atoms with Crippen LogP contribution in [-0.2, 0) is 4.79 Å². The number of benzene rings is 2. The van der Waals surface area contributed by atoms with Gasteiger partial charge in [0.25, 0.3) is 0 Å². The van der Waals surface area contributed by atoms with Gasteiger partial charge in [-0.05, 0) is 49.6 Å². The summed E-state index contributed by atoms with van der Waals surface area (Å²) >= 11 is 6.42. The zero-order valence-corrected chi connectivity index (χ0v) is 18.4. The number of nitrogens with zero attached hydrogens (tertiary/aromatic N) is 2. The van der Waals surface area contributed by atoms with Crippen LogP contribution in [0.15, 0.2) is 36.4 Å². The van der Waals surface area contributed by atoms with Crippen molar-refractivity contribution < 1.29 is 19.1 Å². The molecule has 0 aliphatic carbocycles.